The lowest BCUT2D eigenvalue weighted by molar-refractivity contribution is 0.0939. The molecule has 1 aromatic carbocycles. The zero-order valence-electron chi connectivity index (χ0n) is 9.91. The molecule has 1 aromatic rings. The Kier molecular flexibility index (Phi) is 5.19. The summed E-state index contributed by atoms with van der Waals surface area (Å²) in [6.45, 7) is 3.82. The quantitative estimate of drug-likeness (QED) is 0.846. The second kappa shape index (κ2) is 6.04. The number of rotatable bonds is 4. The Bertz CT molecular complexity index is 559. The fourth-order valence-electron chi connectivity index (χ4n) is 1.24. The summed E-state index contributed by atoms with van der Waals surface area (Å²) in [6, 6.07) is 4.17. The van der Waals surface area contributed by atoms with Crippen LogP contribution in [-0.2, 0) is 9.05 Å². The zero-order chi connectivity index (χ0) is 13.9. The maximum atomic E-state index is 11.9. The highest BCUT2D eigenvalue weighted by Crippen LogP contribution is 2.22. The number of benzene rings is 1. The van der Waals surface area contributed by atoms with E-state index in [0.29, 0.717) is 4.47 Å². The van der Waals surface area contributed by atoms with E-state index in [2.05, 4.69) is 21.2 Å². The molecule has 0 aliphatic carbocycles. The first-order valence-corrected chi connectivity index (χ1v) is 8.40. The molecule has 1 atom stereocenters. The summed E-state index contributed by atoms with van der Waals surface area (Å²) >= 11 is 3.15. The first-order valence-electron chi connectivity index (χ1n) is 5.30. The third kappa shape index (κ3) is 4.26. The lowest BCUT2D eigenvalue weighted by Gasteiger charge is -2.12. The normalized spacial score (nSPS) is 13.1. The van der Waals surface area contributed by atoms with Crippen LogP contribution in [0.25, 0.3) is 0 Å². The van der Waals surface area contributed by atoms with E-state index >= 15 is 0 Å². The highest BCUT2D eigenvalue weighted by molar-refractivity contribution is 9.10. The highest BCUT2D eigenvalue weighted by Gasteiger charge is 2.16. The van der Waals surface area contributed by atoms with Gasteiger partial charge in [-0.1, -0.05) is 22.9 Å². The summed E-state index contributed by atoms with van der Waals surface area (Å²) in [5.74, 6) is -0.327. The van der Waals surface area contributed by atoms with Crippen LogP contribution in [-0.4, -0.2) is 20.4 Å². The molecule has 0 aromatic heterocycles. The number of carbonyl (C=O) groups excluding carboxylic acids is 1. The average Bonchev–Trinajstić information content (AvgIpc) is 2.26. The maximum Gasteiger partial charge on any atom is 0.261 e. The molecule has 18 heavy (non-hydrogen) atoms. The summed E-state index contributed by atoms with van der Waals surface area (Å²) in [5, 5.41) is 2.75. The van der Waals surface area contributed by atoms with Gasteiger partial charge in [0.05, 0.1) is 4.90 Å². The minimum atomic E-state index is -3.85. The number of nitrogens with one attached hydrogen (secondary N) is 1. The fraction of sp³-hybridized carbons (Fsp3) is 0.364. The molecule has 0 aliphatic rings. The molecular formula is C11H13BrClNO3S. The van der Waals surface area contributed by atoms with Crippen LogP contribution in [0.3, 0.4) is 0 Å². The third-order valence-electron chi connectivity index (χ3n) is 2.40. The van der Waals surface area contributed by atoms with Crippen molar-refractivity contribution >= 4 is 41.6 Å². The second-order valence-corrected chi connectivity index (χ2v) is 7.38. The predicted molar refractivity (Wildman–Crippen MR) is 74.4 cm³/mol. The lowest BCUT2D eigenvalue weighted by Crippen LogP contribution is -2.31. The minimum absolute atomic E-state index is 0.0209. The Morgan fingerprint density at radius 2 is 2.06 bits per heavy atom. The van der Waals surface area contributed by atoms with Crippen molar-refractivity contribution in [1.82, 2.24) is 5.32 Å². The van der Waals surface area contributed by atoms with E-state index in [9.17, 15) is 13.2 Å². The van der Waals surface area contributed by atoms with Crippen molar-refractivity contribution in [2.24, 2.45) is 0 Å². The van der Waals surface area contributed by atoms with Crippen LogP contribution >= 0.6 is 26.6 Å². The van der Waals surface area contributed by atoms with E-state index in [1.807, 2.05) is 13.8 Å². The molecule has 1 rings (SSSR count). The fourth-order valence-corrected chi connectivity index (χ4v) is 2.69. The van der Waals surface area contributed by atoms with Crippen molar-refractivity contribution in [3.05, 3.63) is 28.2 Å². The largest absolute Gasteiger partial charge is 0.350 e. The molecule has 7 heteroatoms. The Hall–Kier alpha value is -0.590. The topological polar surface area (TPSA) is 63.2 Å². The van der Waals surface area contributed by atoms with Gasteiger partial charge in [0, 0.05) is 26.8 Å². The monoisotopic (exact) mass is 353 g/mol. The molecule has 0 spiro atoms. The number of halogens is 2. The van der Waals surface area contributed by atoms with Crippen molar-refractivity contribution in [2.75, 3.05) is 0 Å². The Morgan fingerprint density at radius 1 is 1.44 bits per heavy atom. The second-order valence-electron chi connectivity index (χ2n) is 3.90. The molecule has 0 bridgehead atoms. The van der Waals surface area contributed by atoms with Gasteiger partial charge in [-0.25, -0.2) is 8.42 Å². The maximum absolute atomic E-state index is 11.9. The molecule has 1 unspecified atom stereocenters. The summed E-state index contributed by atoms with van der Waals surface area (Å²) in [5.41, 5.74) is 0.254. The summed E-state index contributed by atoms with van der Waals surface area (Å²) in [6.07, 6.45) is 0.792. The van der Waals surface area contributed by atoms with E-state index in [-0.39, 0.29) is 22.4 Å². The van der Waals surface area contributed by atoms with Crippen LogP contribution in [0, 0.1) is 0 Å². The summed E-state index contributed by atoms with van der Waals surface area (Å²) < 4.78 is 23.0. The molecule has 1 amide bonds. The van der Waals surface area contributed by atoms with Gasteiger partial charge in [-0.15, -0.1) is 0 Å². The van der Waals surface area contributed by atoms with E-state index in [4.69, 9.17) is 10.7 Å². The molecule has 0 aliphatic heterocycles. The van der Waals surface area contributed by atoms with E-state index in [1.54, 1.807) is 6.07 Å². The molecule has 0 fully saturated rings. The molecule has 1 N–H and O–H groups in total. The third-order valence-corrected chi connectivity index (χ3v) is 4.20. The van der Waals surface area contributed by atoms with Crippen molar-refractivity contribution in [1.29, 1.82) is 0 Å². The van der Waals surface area contributed by atoms with Gasteiger partial charge in [-0.2, -0.15) is 0 Å². The van der Waals surface area contributed by atoms with Crippen LogP contribution in [0.15, 0.2) is 27.6 Å². The summed E-state index contributed by atoms with van der Waals surface area (Å²) in [7, 11) is 1.41. The van der Waals surface area contributed by atoms with Crippen molar-refractivity contribution in [2.45, 2.75) is 31.2 Å². The number of amides is 1. The van der Waals surface area contributed by atoms with Crippen molar-refractivity contribution in [3.8, 4) is 0 Å². The van der Waals surface area contributed by atoms with Crippen molar-refractivity contribution < 1.29 is 13.2 Å². The molecule has 4 nitrogen and oxygen atoms in total. The molecule has 0 radical (unpaired) electrons. The van der Waals surface area contributed by atoms with Gasteiger partial charge in [0.25, 0.3) is 15.0 Å². The van der Waals surface area contributed by atoms with Crippen LogP contribution < -0.4 is 5.32 Å². The Morgan fingerprint density at radius 3 is 2.56 bits per heavy atom. The molecule has 0 heterocycles. The zero-order valence-corrected chi connectivity index (χ0v) is 13.1. The van der Waals surface area contributed by atoms with Gasteiger partial charge in [-0.05, 0) is 31.5 Å². The highest BCUT2D eigenvalue weighted by atomic mass is 79.9. The molecule has 0 saturated heterocycles. The van der Waals surface area contributed by atoms with Gasteiger partial charge in [0.1, 0.15) is 0 Å². The van der Waals surface area contributed by atoms with Crippen LogP contribution in [0.4, 0.5) is 0 Å². The Labute approximate surface area is 119 Å². The van der Waals surface area contributed by atoms with Crippen molar-refractivity contribution in [3.63, 3.8) is 0 Å². The van der Waals surface area contributed by atoms with E-state index in [1.165, 1.54) is 12.1 Å². The molecule has 100 valence electrons. The summed E-state index contributed by atoms with van der Waals surface area (Å²) in [4.78, 5) is 11.8. The van der Waals surface area contributed by atoms with Gasteiger partial charge in [0.2, 0.25) is 0 Å². The SMILES string of the molecule is CCC(C)NC(=O)c1cc(Br)cc(S(=O)(=O)Cl)c1. The standard InChI is InChI=1S/C11H13BrClNO3S/c1-3-7(2)14-11(15)8-4-9(12)6-10(5-8)18(13,16)17/h4-7H,3H2,1-2H3,(H,14,15). The average molecular weight is 355 g/mol. The Balaban J connectivity index is 3.11. The van der Waals surface area contributed by atoms with Gasteiger partial charge in [0.15, 0.2) is 0 Å². The lowest BCUT2D eigenvalue weighted by atomic mass is 10.2. The van der Waals surface area contributed by atoms with E-state index in [0.717, 1.165) is 6.42 Å². The van der Waals surface area contributed by atoms with Gasteiger partial charge >= 0.3 is 0 Å². The molecular weight excluding hydrogens is 342 g/mol. The van der Waals surface area contributed by atoms with Crippen LogP contribution in [0.2, 0.25) is 0 Å². The number of hydrogen-bond acceptors (Lipinski definition) is 3. The number of hydrogen-bond donors (Lipinski definition) is 1. The minimum Gasteiger partial charge on any atom is -0.350 e. The number of carbonyl (C=O) groups is 1. The first-order chi connectivity index (χ1) is 8.24. The predicted octanol–water partition coefficient (Wildman–Crippen LogP) is 2.90. The van der Waals surface area contributed by atoms with Crippen LogP contribution in [0.1, 0.15) is 30.6 Å². The first kappa shape index (κ1) is 15.5. The van der Waals surface area contributed by atoms with E-state index < -0.39 is 9.05 Å². The van der Waals surface area contributed by atoms with Gasteiger partial charge < -0.3 is 5.32 Å². The molecule has 0 saturated carbocycles. The van der Waals surface area contributed by atoms with Crippen LogP contribution in [0.5, 0.6) is 0 Å². The van der Waals surface area contributed by atoms with Gasteiger partial charge in [-0.3, -0.25) is 4.79 Å². The smallest absolute Gasteiger partial charge is 0.261 e.